The highest BCUT2D eigenvalue weighted by Gasteiger charge is 2.47. The maximum absolute atomic E-state index is 13.4. The standard InChI is InChI=1S/C26H28O15/c27-5-8-1-2-9-14(16(8)30)17(31)10-3-4-11(28)24(15(10)18(9)32)41-26-23(37)21(35)20(34)13(40-26)7-39-25-22(36)19(33)12(29)6-38-25/h1-4,12-13,19-23,25-30,33-37H,5-7H2. The number of aliphatic hydroxyl groups is 7. The second-order valence-corrected chi connectivity index (χ2v) is 9.86. The van der Waals surface area contributed by atoms with E-state index in [1.165, 1.54) is 12.1 Å². The van der Waals surface area contributed by atoms with Gasteiger partial charge in [-0.05, 0) is 18.2 Å². The van der Waals surface area contributed by atoms with Crippen molar-refractivity contribution in [3.05, 3.63) is 52.1 Å². The van der Waals surface area contributed by atoms with Crippen LogP contribution in [0.2, 0.25) is 0 Å². The SMILES string of the molecule is O=C1c2ccc(O)c(OC3OC(COC4OCC(O)C(O)C4O)C(O)C(O)C3O)c2C(=O)c2ccc(CO)c(O)c21. The molecule has 2 aromatic rings. The Balaban J connectivity index is 1.41. The zero-order valence-corrected chi connectivity index (χ0v) is 21.1. The Morgan fingerprint density at radius 2 is 1.41 bits per heavy atom. The second-order valence-electron chi connectivity index (χ2n) is 9.86. The van der Waals surface area contributed by atoms with Crippen LogP contribution in [0, 0.1) is 0 Å². The molecular weight excluding hydrogens is 552 g/mol. The zero-order chi connectivity index (χ0) is 29.7. The first-order valence-corrected chi connectivity index (χ1v) is 12.5. The molecule has 9 N–H and O–H groups in total. The predicted molar refractivity (Wildman–Crippen MR) is 130 cm³/mol. The highest BCUT2D eigenvalue weighted by atomic mass is 16.7. The molecule has 2 fully saturated rings. The molecule has 15 heteroatoms. The van der Waals surface area contributed by atoms with Crippen molar-refractivity contribution >= 4 is 11.6 Å². The van der Waals surface area contributed by atoms with Crippen molar-refractivity contribution in [1.82, 2.24) is 0 Å². The van der Waals surface area contributed by atoms with Crippen molar-refractivity contribution in [3.8, 4) is 17.2 Å². The van der Waals surface area contributed by atoms with Gasteiger partial charge in [-0.2, -0.15) is 0 Å². The Hall–Kier alpha value is -3.22. The van der Waals surface area contributed by atoms with Crippen molar-refractivity contribution in [2.24, 2.45) is 0 Å². The number of phenolic OH excluding ortho intramolecular Hbond substituents is 1. The molecule has 41 heavy (non-hydrogen) atoms. The molecular formula is C26H28O15. The number of aliphatic hydroxyl groups excluding tert-OH is 7. The summed E-state index contributed by atoms with van der Waals surface area (Å²) in [5, 5.41) is 91.3. The molecule has 0 bridgehead atoms. The van der Waals surface area contributed by atoms with Gasteiger partial charge in [0, 0.05) is 16.7 Å². The summed E-state index contributed by atoms with van der Waals surface area (Å²) in [6, 6.07) is 4.62. The van der Waals surface area contributed by atoms with E-state index in [0.29, 0.717) is 0 Å². The summed E-state index contributed by atoms with van der Waals surface area (Å²) in [5.74, 6) is -3.45. The van der Waals surface area contributed by atoms with E-state index in [2.05, 4.69) is 0 Å². The average molecular weight is 580 g/mol. The van der Waals surface area contributed by atoms with Gasteiger partial charge in [0.05, 0.1) is 30.9 Å². The number of hydrogen-bond donors (Lipinski definition) is 9. The van der Waals surface area contributed by atoms with Gasteiger partial charge < -0.3 is 64.9 Å². The largest absolute Gasteiger partial charge is 0.507 e. The van der Waals surface area contributed by atoms with Gasteiger partial charge >= 0.3 is 0 Å². The van der Waals surface area contributed by atoms with Gasteiger partial charge in [-0.25, -0.2) is 0 Å². The topological polar surface area (TPSA) is 253 Å². The van der Waals surface area contributed by atoms with E-state index >= 15 is 0 Å². The highest BCUT2D eigenvalue weighted by molar-refractivity contribution is 6.30. The molecule has 5 rings (SSSR count). The van der Waals surface area contributed by atoms with Crippen LogP contribution in [0.1, 0.15) is 37.4 Å². The number of phenols is 2. The molecule has 0 amide bonds. The number of ketones is 2. The lowest BCUT2D eigenvalue weighted by atomic mass is 9.82. The minimum Gasteiger partial charge on any atom is -0.507 e. The van der Waals surface area contributed by atoms with Crippen molar-refractivity contribution in [1.29, 1.82) is 0 Å². The van der Waals surface area contributed by atoms with E-state index in [1.807, 2.05) is 0 Å². The molecule has 2 aliphatic heterocycles. The van der Waals surface area contributed by atoms with E-state index in [0.717, 1.165) is 12.1 Å². The van der Waals surface area contributed by atoms with E-state index in [1.54, 1.807) is 0 Å². The van der Waals surface area contributed by atoms with Crippen molar-refractivity contribution in [2.45, 2.75) is 61.9 Å². The van der Waals surface area contributed by atoms with Crippen molar-refractivity contribution < 1.29 is 74.5 Å². The van der Waals surface area contributed by atoms with Gasteiger partial charge in [0.15, 0.2) is 29.4 Å². The third kappa shape index (κ3) is 4.95. The summed E-state index contributed by atoms with van der Waals surface area (Å²) in [7, 11) is 0. The number of benzene rings is 2. The second kappa shape index (κ2) is 11.2. The van der Waals surface area contributed by atoms with Gasteiger partial charge in [-0.1, -0.05) is 6.07 Å². The molecule has 1 aliphatic carbocycles. The first-order valence-electron chi connectivity index (χ1n) is 12.5. The lowest BCUT2D eigenvalue weighted by Gasteiger charge is -2.41. The summed E-state index contributed by atoms with van der Waals surface area (Å²) in [6.07, 6.45) is -14.9. The molecule has 2 aromatic carbocycles. The lowest BCUT2D eigenvalue weighted by molar-refractivity contribution is -0.307. The maximum Gasteiger partial charge on any atom is 0.229 e. The number of hydrogen-bond acceptors (Lipinski definition) is 15. The van der Waals surface area contributed by atoms with Gasteiger partial charge in [-0.15, -0.1) is 0 Å². The quantitative estimate of drug-likeness (QED) is 0.141. The number of carbonyl (C=O) groups excluding carboxylic acids is 2. The van der Waals surface area contributed by atoms with Crippen LogP contribution in [0.5, 0.6) is 17.2 Å². The third-order valence-corrected chi connectivity index (χ3v) is 7.29. The molecule has 0 spiro atoms. The minimum atomic E-state index is -1.93. The van der Waals surface area contributed by atoms with Crippen LogP contribution >= 0.6 is 0 Å². The number of carbonyl (C=O) groups is 2. The maximum atomic E-state index is 13.4. The Kier molecular flexibility index (Phi) is 8.01. The van der Waals surface area contributed by atoms with Gasteiger partial charge in [0.25, 0.3) is 0 Å². The van der Waals surface area contributed by atoms with Crippen LogP contribution < -0.4 is 4.74 Å². The summed E-state index contributed by atoms with van der Waals surface area (Å²) in [5.41, 5.74) is -1.26. The smallest absolute Gasteiger partial charge is 0.229 e. The third-order valence-electron chi connectivity index (χ3n) is 7.29. The Morgan fingerprint density at radius 1 is 0.780 bits per heavy atom. The number of fused-ring (bicyclic) bond motifs is 2. The fourth-order valence-electron chi connectivity index (χ4n) is 4.94. The van der Waals surface area contributed by atoms with Gasteiger partial charge in [0.2, 0.25) is 6.29 Å². The Bertz CT molecular complexity index is 1340. The van der Waals surface area contributed by atoms with Crippen LogP contribution in [0.4, 0.5) is 0 Å². The summed E-state index contributed by atoms with van der Waals surface area (Å²) in [6.45, 7) is -1.54. The van der Waals surface area contributed by atoms with E-state index in [9.17, 15) is 55.5 Å². The molecule has 3 aliphatic rings. The van der Waals surface area contributed by atoms with Gasteiger partial charge in [0.1, 0.15) is 48.5 Å². The van der Waals surface area contributed by atoms with Crippen molar-refractivity contribution in [3.63, 3.8) is 0 Å². The summed E-state index contributed by atoms with van der Waals surface area (Å²) < 4.78 is 21.7. The zero-order valence-electron chi connectivity index (χ0n) is 21.1. The average Bonchev–Trinajstić information content (AvgIpc) is 2.95. The molecule has 2 saturated heterocycles. The minimum absolute atomic E-state index is 0.0139. The Morgan fingerprint density at radius 3 is 2.12 bits per heavy atom. The van der Waals surface area contributed by atoms with Crippen LogP contribution in [0.15, 0.2) is 24.3 Å². The number of ether oxygens (including phenoxy) is 4. The molecule has 0 radical (unpaired) electrons. The normalized spacial score (nSPS) is 33.3. The van der Waals surface area contributed by atoms with Crippen LogP contribution in [-0.4, -0.2) is 126 Å². The Labute approximate surface area is 231 Å². The molecule has 0 aromatic heterocycles. The number of aromatic hydroxyl groups is 2. The summed E-state index contributed by atoms with van der Waals surface area (Å²) in [4.78, 5) is 26.7. The highest BCUT2D eigenvalue weighted by Crippen LogP contribution is 2.43. The van der Waals surface area contributed by atoms with Crippen molar-refractivity contribution in [2.75, 3.05) is 13.2 Å². The van der Waals surface area contributed by atoms with E-state index < -0.39 is 103 Å². The molecule has 222 valence electrons. The fourth-order valence-corrected chi connectivity index (χ4v) is 4.94. The van der Waals surface area contributed by atoms with Gasteiger partial charge in [-0.3, -0.25) is 9.59 Å². The van der Waals surface area contributed by atoms with Crippen LogP contribution in [0.25, 0.3) is 0 Å². The van der Waals surface area contributed by atoms with Crippen LogP contribution in [-0.2, 0) is 20.8 Å². The fraction of sp³-hybridized carbons (Fsp3) is 0.462. The molecule has 9 unspecified atom stereocenters. The number of rotatable bonds is 6. The van der Waals surface area contributed by atoms with E-state index in [-0.39, 0.29) is 28.9 Å². The summed E-state index contributed by atoms with van der Waals surface area (Å²) >= 11 is 0. The molecule has 9 atom stereocenters. The molecule has 2 heterocycles. The lowest BCUT2D eigenvalue weighted by Crippen LogP contribution is -2.61. The first-order chi connectivity index (χ1) is 19.5. The van der Waals surface area contributed by atoms with E-state index in [4.69, 9.17) is 18.9 Å². The first kappa shape index (κ1) is 29.3. The monoisotopic (exact) mass is 580 g/mol. The molecule has 0 saturated carbocycles. The van der Waals surface area contributed by atoms with Crippen LogP contribution in [0.3, 0.4) is 0 Å². The molecule has 15 nitrogen and oxygen atoms in total. The predicted octanol–water partition coefficient (Wildman–Crippen LogP) is -2.99.